The third-order valence-corrected chi connectivity index (χ3v) is 5.40. The standard InChI is InChI=1S/C19H30N4.HI/c1-2-20-19(23-12-9-18-5-3-4-10-21-18)22-11-8-17-14-15-6-7-16(17)13-15;/h3-5,10,15-17H,2,6-9,11-14H2,1H3,(H2,20,22,23);1H. The third-order valence-electron chi connectivity index (χ3n) is 5.40. The zero-order chi connectivity index (χ0) is 15.9. The fourth-order valence-electron chi connectivity index (χ4n) is 4.27. The molecule has 0 saturated heterocycles. The van der Waals surface area contributed by atoms with Crippen LogP contribution in [0.4, 0.5) is 0 Å². The molecule has 0 spiro atoms. The first-order valence-corrected chi connectivity index (χ1v) is 9.27. The lowest BCUT2D eigenvalue weighted by molar-refractivity contribution is 0.318. The van der Waals surface area contributed by atoms with Crippen molar-refractivity contribution in [1.29, 1.82) is 0 Å². The maximum atomic E-state index is 4.77. The van der Waals surface area contributed by atoms with E-state index >= 15 is 0 Å². The van der Waals surface area contributed by atoms with E-state index in [4.69, 9.17) is 4.99 Å². The number of hydrogen-bond acceptors (Lipinski definition) is 2. The maximum absolute atomic E-state index is 4.77. The van der Waals surface area contributed by atoms with Crippen molar-refractivity contribution in [2.75, 3.05) is 19.6 Å². The maximum Gasteiger partial charge on any atom is 0.191 e. The van der Waals surface area contributed by atoms with E-state index in [1.165, 1.54) is 32.1 Å². The van der Waals surface area contributed by atoms with Crippen molar-refractivity contribution in [3.8, 4) is 0 Å². The van der Waals surface area contributed by atoms with Crippen molar-refractivity contribution in [3.63, 3.8) is 0 Å². The fraction of sp³-hybridized carbons (Fsp3) is 0.684. The molecule has 1 aromatic rings. The van der Waals surface area contributed by atoms with Crippen molar-refractivity contribution in [3.05, 3.63) is 30.1 Å². The Morgan fingerprint density at radius 1 is 1.25 bits per heavy atom. The second-order valence-corrected chi connectivity index (χ2v) is 6.98. The number of pyridine rings is 1. The molecular weight excluding hydrogens is 411 g/mol. The SMILES string of the molecule is CCNC(=NCCC1CC2CCC1C2)NCCc1ccccn1.I. The molecule has 2 saturated carbocycles. The number of nitrogens with one attached hydrogen (secondary N) is 2. The van der Waals surface area contributed by atoms with E-state index in [2.05, 4.69) is 28.6 Å². The van der Waals surface area contributed by atoms with Crippen LogP contribution >= 0.6 is 24.0 Å². The van der Waals surface area contributed by atoms with Gasteiger partial charge in [-0.1, -0.05) is 12.5 Å². The molecule has 24 heavy (non-hydrogen) atoms. The zero-order valence-corrected chi connectivity index (χ0v) is 17.0. The molecule has 2 aliphatic carbocycles. The second-order valence-electron chi connectivity index (χ2n) is 6.98. The lowest BCUT2D eigenvalue weighted by Crippen LogP contribution is -2.38. The molecule has 0 aromatic carbocycles. The molecule has 2 N–H and O–H groups in total. The highest BCUT2D eigenvalue weighted by Crippen LogP contribution is 2.49. The first kappa shape index (κ1) is 19.5. The summed E-state index contributed by atoms with van der Waals surface area (Å²) in [5, 5.41) is 6.77. The summed E-state index contributed by atoms with van der Waals surface area (Å²) in [6.45, 7) is 4.85. The molecule has 2 bridgehead atoms. The van der Waals surface area contributed by atoms with Crippen molar-refractivity contribution in [2.45, 2.75) is 45.4 Å². The highest BCUT2D eigenvalue weighted by atomic mass is 127. The van der Waals surface area contributed by atoms with E-state index in [-0.39, 0.29) is 24.0 Å². The van der Waals surface area contributed by atoms with E-state index in [1.807, 2.05) is 18.3 Å². The monoisotopic (exact) mass is 442 g/mol. The Bertz CT molecular complexity index is 505. The molecular formula is C19H31IN4. The van der Waals surface area contributed by atoms with Crippen molar-refractivity contribution in [1.82, 2.24) is 15.6 Å². The smallest absolute Gasteiger partial charge is 0.191 e. The Morgan fingerprint density at radius 2 is 2.17 bits per heavy atom. The van der Waals surface area contributed by atoms with Gasteiger partial charge in [-0.15, -0.1) is 24.0 Å². The lowest BCUT2D eigenvalue weighted by Gasteiger charge is -2.20. The highest BCUT2D eigenvalue weighted by molar-refractivity contribution is 14.0. The first-order valence-electron chi connectivity index (χ1n) is 9.27. The third kappa shape index (κ3) is 5.60. The van der Waals surface area contributed by atoms with Gasteiger partial charge < -0.3 is 10.6 Å². The van der Waals surface area contributed by atoms with Crippen LogP contribution in [0.15, 0.2) is 29.4 Å². The summed E-state index contributed by atoms with van der Waals surface area (Å²) in [5.74, 6) is 3.94. The Balaban J connectivity index is 0.00000208. The number of fused-ring (bicyclic) bond motifs is 2. The zero-order valence-electron chi connectivity index (χ0n) is 14.7. The van der Waals surface area contributed by atoms with Crippen LogP contribution in [0.5, 0.6) is 0 Å². The van der Waals surface area contributed by atoms with Gasteiger partial charge in [-0.25, -0.2) is 0 Å². The lowest BCUT2D eigenvalue weighted by atomic mass is 9.86. The number of rotatable bonds is 7. The predicted molar refractivity (Wildman–Crippen MR) is 111 cm³/mol. The van der Waals surface area contributed by atoms with Crippen LogP contribution in [0.2, 0.25) is 0 Å². The molecule has 134 valence electrons. The van der Waals surface area contributed by atoms with Gasteiger partial charge >= 0.3 is 0 Å². The van der Waals surface area contributed by atoms with Gasteiger partial charge in [-0.05, 0) is 62.5 Å². The minimum atomic E-state index is 0. The Morgan fingerprint density at radius 3 is 2.83 bits per heavy atom. The van der Waals surface area contributed by atoms with E-state index in [0.717, 1.165) is 55.5 Å². The molecule has 0 aliphatic heterocycles. The average Bonchev–Trinajstić information content (AvgIpc) is 3.19. The Labute approximate surface area is 163 Å². The van der Waals surface area contributed by atoms with Crippen LogP contribution in [0.3, 0.4) is 0 Å². The van der Waals surface area contributed by atoms with Gasteiger partial charge in [-0.3, -0.25) is 9.98 Å². The number of halogens is 1. The number of hydrogen-bond donors (Lipinski definition) is 2. The normalized spacial score (nSPS) is 25.4. The molecule has 1 heterocycles. The van der Waals surface area contributed by atoms with Crippen LogP contribution in [0.1, 0.15) is 44.7 Å². The molecule has 2 fully saturated rings. The highest BCUT2D eigenvalue weighted by Gasteiger charge is 2.38. The second kappa shape index (κ2) is 10.2. The molecule has 1 aromatic heterocycles. The molecule has 0 radical (unpaired) electrons. The average molecular weight is 442 g/mol. The molecule has 4 nitrogen and oxygen atoms in total. The van der Waals surface area contributed by atoms with Crippen LogP contribution < -0.4 is 10.6 Å². The molecule has 3 rings (SSSR count). The summed E-state index contributed by atoms with van der Waals surface area (Å²) in [6, 6.07) is 6.07. The van der Waals surface area contributed by atoms with Gasteiger partial charge in [0.25, 0.3) is 0 Å². The molecule has 5 heteroatoms. The number of guanidine groups is 1. The summed E-state index contributed by atoms with van der Waals surface area (Å²) in [7, 11) is 0. The van der Waals surface area contributed by atoms with E-state index < -0.39 is 0 Å². The molecule has 3 unspecified atom stereocenters. The van der Waals surface area contributed by atoms with E-state index in [0.29, 0.717) is 0 Å². The van der Waals surface area contributed by atoms with Crippen LogP contribution in [0, 0.1) is 17.8 Å². The largest absolute Gasteiger partial charge is 0.357 e. The van der Waals surface area contributed by atoms with E-state index in [1.54, 1.807) is 0 Å². The van der Waals surface area contributed by atoms with Crippen molar-refractivity contribution < 1.29 is 0 Å². The minimum absolute atomic E-state index is 0. The summed E-state index contributed by atoms with van der Waals surface area (Å²) < 4.78 is 0. The van der Waals surface area contributed by atoms with Crippen molar-refractivity contribution >= 4 is 29.9 Å². The summed E-state index contributed by atoms with van der Waals surface area (Å²) in [4.78, 5) is 9.12. The van der Waals surface area contributed by atoms with Gasteiger partial charge in [0.05, 0.1) is 0 Å². The summed E-state index contributed by atoms with van der Waals surface area (Å²) >= 11 is 0. The first-order chi connectivity index (χ1) is 11.3. The summed E-state index contributed by atoms with van der Waals surface area (Å²) in [5.41, 5.74) is 1.12. The predicted octanol–water partition coefficient (Wildman–Crippen LogP) is 3.62. The summed E-state index contributed by atoms with van der Waals surface area (Å²) in [6.07, 6.45) is 9.96. The Kier molecular flexibility index (Phi) is 8.29. The molecule has 3 atom stereocenters. The van der Waals surface area contributed by atoms with E-state index in [9.17, 15) is 0 Å². The topological polar surface area (TPSA) is 49.3 Å². The molecule has 0 amide bonds. The fourth-order valence-corrected chi connectivity index (χ4v) is 4.27. The van der Waals surface area contributed by atoms with Gasteiger partial charge in [0.1, 0.15) is 0 Å². The van der Waals surface area contributed by atoms with Crippen LogP contribution in [-0.2, 0) is 6.42 Å². The van der Waals surface area contributed by atoms with Gasteiger partial charge in [0.2, 0.25) is 0 Å². The minimum Gasteiger partial charge on any atom is -0.357 e. The number of aromatic nitrogens is 1. The van der Waals surface area contributed by atoms with Crippen LogP contribution in [0.25, 0.3) is 0 Å². The van der Waals surface area contributed by atoms with Crippen molar-refractivity contribution in [2.24, 2.45) is 22.7 Å². The molecule has 2 aliphatic rings. The quantitative estimate of drug-likeness (QED) is 0.385. The van der Waals surface area contributed by atoms with Crippen LogP contribution in [-0.4, -0.2) is 30.6 Å². The van der Waals surface area contributed by atoms with Gasteiger partial charge in [0, 0.05) is 37.9 Å². The number of nitrogens with zero attached hydrogens (tertiary/aromatic N) is 2. The van der Waals surface area contributed by atoms with Gasteiger partial charge in [0.15, 0.2) is 5.96 Å². The van der Waals surface area contributed by atoms with Gasteiger partial charge in [-0.2, -0.15) is 0 Å². The Hall–Kier alpha value is -0.850. The number of aliphatic imine (C=N–C) groups is 1.